The fourth-order valence-electron chi connectivity index (χ4n) is 2.17. The summed E-state index contributed by atoms with van der Waals surface area (Å²) in [7, 11) is 0. The predicted molar refractivity (Wildman–Crippen MR) is 57.9 cm³/mol. The number of halogens is 1. The van der Waals surface area contributed by atoms with E-state index < -0.39 is 0 Å². The number of likely N-dealkylation sites (tertiary alicyclic amines) is 1. The number of aromatic nitrogens is 1. The molecule has 14 heavy (non-hydrogen) atoms. The van der Waals surface area contributed by atoms with Crippen molar-refractivity contribution in [3.05, 3.63) is 16.4 Å². The molecule has 1 fully saturated rings. The Morgan fingerprint density at radius 2 is 2.43 bits per heavy atom. The zero-order chi connectivity index (χ0) is 10.1. The molecular formula is C10H15BrN2O. The summed E-state index contributed by atoms with van der Waals surface area (Å²) in [5, 5.41) is 3.82. The molecule has 2 unspecified atom stereocenters. The maximum absolute atomic E-state index is 5.17. The van der Waals surface area contributed by atoms with E-state index in [1.54, 1.807) is 0 Å². The number of hydrogen-bond donors (Lipinski definition) is 0. The van der Waals surface area contributed by atoms with E-state index in [9.17, 15) is 0 Å². The Balaban J connectivity index is 1.98. The molecule has 0 N–H and O–H groups in total. The highest BCUT2D eigenvalue weighted by atomic mass is 79.9. The molecule has 0 aliphatic carbocycles. The summed E-state index contributed by atoms with van der Waals surface area (Å²) in [6.07, 6.45) is 1.29. The second-order valence-electron chi connectivity index (χ2n) is 4.24. The lowest BCUT2D eigenvalue weighted by Gasteiger charge is -2.18. The van der Waals surface area contributed by atoms with E-state index in [1.165, 1.54) is 13.0 Å². The second-order valence-corrected chi connectivity index (χ2v) is 5.05. The summed E-state index contributed by atoms with van der Waals surface area (Å²) in [6, 6.07) is 2.60. The molecule has 0 aromatic carbocycles. The van der Waals surface area contributed by atoms with Gasteiger partial charge in [-0.15, -0.1) is 0 Å². The molecular weight excluding hydrogens is 244 g/mol. The first kappa shape index (κ1) is 10.2. The van der Waals surface area contributed by atoms with Gasteiger partial charge in [0.2, 0.25) is 0 Å². The third kappa shape index (κ3) is 2.17. The van der Waals surface area contributed by atoms with E-state index in [0.29, 0.717) is 6.04 Å². The van der Waals surface area contributed by atoms with Gasteiger partial charge in [0.15, 0.2) is 5.76 Å². The van der Waals surface area contributed by atoms with E-state index >= 15 is 0 Å². The van der Waals surface area contributed by atoms with Crippen LogP contribution in [0.25, 0.3) is 0 Å². The third-order valence-corrected chi connectivity index (χ3v) is 3.18. The number of nitrogens with zero attached hydrogens (tertiary/aromatic N) is 2. The molecule has 0 radical (unpaired) electrons. The lowest BCUT2D eigenvalue weighted by Crippen LogP contribution is -2.26. The van der Waals surface area contributed by atoms with Gasteiger partial charge in [-0.25, -0.2) is 0 Å². The minimum absolute atomic E-state index is 0.661. The molecule has 0 spiro atoms. The van der Waals surface area contributed by atoms with Crippen LogP contribution in [0.5, 0.6) is 0 Å². The highest BCUT2D eigenvalue weighted by Crippen LogP contribution is 2.24. The van der Waals surface area contributed by atoms with E-state index in [-0.39, 0.29) is 0 Å². The van der Waals surface area contributed by atoms with E-state index in [2.05, 4.69) is 39.8 Å². The topological polar surface area (TPSA) is 29.3 Å². The summed E-state index contributed by atoms with van der Waals surface area (Å²) < 4.78 is 5.96. The molecule has 1 aliphatic heterocycles. The van der Waals surface area contributed by atoms with Gasteiger partial charge in [-0.2, -0.15) is 0 Å². The van der Waals surface area contributed by atoms with Gasteiger partial charge in [0.25, 0.3) is 0 Å². The zero-order valence-electron chi connectivity index (χ0n) is 8.53. The van der Waals surface area contributed by atoms with Crippen molar-refractivity contribution < 1.29 is 4.52 Å². The van der Waals surface area contributed by atoms with Crippen LogP contribution in [0, 0.1) is 5.92 Å². The minimum atomic E-state index is 0.661. The molecule has 1 aromatic rings. The van der Waals surface area contributed by atoms with Crippen molar-refractivity contribution in [3.8, 4) is 0 Å². The lowest BCUT2D eigenvalue weighted by atomic mass is 10.1. The Morgan fingerprint density at radius 1 is 1.64 bits per heavy atom. The maximum Gasteiger partial charge on any atom is 0.151 e. The van der Waals surface area contributed by atoms with Gasteiger partial charge in [-0.05, 0) is 35.2 Å². The highest BCUT2D eigenvalue weighted by Gasteiger charge is 2.26. The van der Waals surface area contributed by atoms with Gasteiger partial charge >= 0.3 is 0 Å². The summed E-state index contributed by atoms with van der Waals surface area (Å²) >= 11 is 3.29. The second kappa shape index (κ2) is 4.03. The molecule has 2 heterocycles. The van der Waals surface area contributed by atoms with E-state index in [1.807, 2.05) is 6.07 Å². The third-order valence-electron chi connectivity index (χ3n) is 2.80. The van der Waals surface area contributed by atoms with Gasteiger partial charge in [0.05, 0.1) is 6.54 Å². The first-order valence-electron chi connectivity index (χ1n) is 5.00. The largest absolute Gasteiger partial charge is 0.359 e. The number of rotatable bonds is 2. The van der Waals surface area contributed by atoms with Crippen LogP contribution in [-0.2, 0) is 6.54 Å². The minimum Gasteiger partial charge on any atom is -0.359 e. The molecule has 2 atom stereocenters. The van der Waals surface area contributed by atoms with Crippen molar-refractivity contribution in [2.24, 2.45) is 5.92 Å². The SMILES string of the molecule is CC1CC(C)N(Cc2cc(Br)no2)C1. The van der Waals surface area contributed by atoms with Crippen LogP contribution in [0.2, 0.25) is 0 Å². The summed E-state index contributed by atoms with van der Waals surface area (Å²) in [4.78, 5) is 2.44. The van der Waals surface area contributed by atoms with Gasteiger partial charge in [0, 0.05) is 18.7 Å². The van der Waals surface area contributed by atoms with Crippen LogP contribution in [0.4, 0.5) is 0 Å². The van der Waals surface area contributed by atoms with Crippen molar-refractivity contribution in [2.75, 3.05) is 6.54 Å². The number of hydrogen-bond acceptors (Lipinski definition) is 3. The molecule has 3 nitrogen and oxygen atoms in total. The average molecular weight is 259 g/mol. The van der Waals surface area contributed by atoms with E-state index in [4.69, 9.17) is 4.52 Å². The molecule has 4 heteroatoms. The maximum atomic E-state index is 5.17. The quantitative estimate of drug-likeness (QED) is 0.817. The Morgan fingerprint density at radius 3 is 2.93 bits per heavy atom. The Hall–Kier alpha value is -0.350. The van der Waals surface area contributed by atoms with Gasteiger partial charge < -0.3 is 4.52 Å². The average Bonchev–Trinajstić information content (AvgIpc) is 2.61. The smallest absolute Gasteiger partial charge is 0.151 e. The zero-order valence-corrected chi connectivity index (χ0v) is 10.1. The first-order chi connectivity index (χ1) is 6.65. The predicted octanol–water partition coefficient (Wildman–Crippen LogP) is 2.67. The van der Waals surface area contributed by atoms with Crippen molar-refractivity contribution in [3.63, 3.8) is 0 Å². The molecule has 0 amide bonds. The molecule has 1 aliphatic rings. The van der Waals surface area contributed by atoms with Crippen molar-refractivity contribution >= 4 is 15.9 Å². The monoisotopic (exact) mass is 258 g/mol. The first-order valence-corrected chi connectivity index (χ1v) is 5.79. The highest BCUT2D eigenvalue weighted by molar-refractivity contribution is 9.10. The van der Waals surface area contributed by atoms with Crippen molar-refractivity contribution in [1.29, 1.82) is 0 Å². The molecule has 1 aromatic heterocycles. The normalized spacial score (nSPS) is 28.5. The molecule has 2 rings (SSSR count). The van der Waals surface area contributed by atoms with Crippen LogP contribution < -0.4 is 0 Å². The Kier molecular flexibility index (Phi) is 2.93. The fourth-order valence-corrected chi connectivity index (χ4v) is 2.50. The molecule has 78 valence electrons. The van der Waals surface area contributed by atoms with Crippen LogP contribution in [0.1, 0.15) is 26.0 Å². The fraction of sp³-hybridized carbons (Fsp3) is 0.700. The summed E-state index contributed by atoms with van der Waals surface area (Å²) in [5.74, 6) is 1.74. The Bertz CT molecular complexity index is 313. The molecule has 0 bridgehead atoms. The molecule has 0 saturated carbocycles. The lowest BCUT2D eigenvalue weighted by molar-refractivity contribution is 0.223. The standard InChI is InChI=1S/C10H15BrN2O/c1-7-3-8(2)13(5-7)6-9-4-10(11)12-14-9/h4,7-8H,3,5-6H2,1-2H3. The van der Waals surface area contributed by atoms with Gasteiger partial charge in [0.1, 0.15) is 4.60 Å². The Labute approximate surface area is 92.6 Å². The van der Waals surface area contributed by atoms with Crippen molar-refractivity contribution in [1.82, 2.24) is 10.1 Å². The van der Waals surface area contributed by atoms with Crippen molar-refractivity contribution in [2.45, 2.75) is 32.9 Å². The van der Waals surface area contributed by atoms with Crippen LogP contribution in [0.15, 0.2) is 15.2 Å². The van der Waals surface area contributed by atoms with E-state index in [0.717, 1.165) is 22.8 Å². The summed E-state index contributed by atoms with van der Waals surface area (Å²) in [5.41, 5.74) is 0. The van der Waals surface area contributed by atoms with Gasteiger partial charge in [-0.3, -0.25) is 4.90 Å². The summed E-state index contributed by atoms with van der Waals surface area (Å²) in [6.45, 7) is 6.62. The van der Waals surface area contributed by atoms with Crippen LogP contribution in [-0.4, -0.2) is 22.6 Å². The van der Waals surface area contributed by atoms with Crippen LogP contribution >= 0.6 is 15.9 Å². The molecule has 1 saturated heterocycles. The van der Waals surface area contributed by atoms with Crippen LogP contribution in [0.3, 0.4) is 0 Å². The van der Waals surface area contributed by atoms with Gasteiger partial charge in [-0.1, -0.05) is 12.1 Å².